The van der Waals surface area contributed by atoms with Crippen LogP contribution in [0.3, 0.4) is 0 Å². The van der Waals surface area contributed by atoms with Crippen LogP contribution in [0.25, 0.3) is 0 Å². The standard InChI is InChI=1S/C13H22N4O3/c1-3-20-12-10(14)11(15-9-16-12)17(2)8-13(18)4-6-19-7-5-13/h9,18H,3-8,14H2,1-2H3. The van der Waals surface area contributed by atoms with Gasteiger partial charge in [0.05, 0.1) is 12.2 Å². The summed E-state index contributed by atoms with van der Waals surface area (Å²) in [6.45, 7) is 3.96. The maximum Gasteiger partial charge on any atom is 0.242 e. The number of hydrogen-bond acceptors (Lipinski definition) is 7. The number of nitrogen functional groups attached to an aromatic ring is 1. The van der Waals surface area contributed by atoms with Gasteiger partial charge in [0.2, 0.25) is 5.88 Å². The van der Waals surface area contributed by atoms with E-state index in [2.05, 4.69) is 9.97 Å². The van der Waals surface area contributed by atoms with Crippen molar-refractivity contribution in [3.05, 3.63) is 6.33 Å². The van der Waals surface area contributed by atoms with Gasteiger partial charge in [0.1, 0.15) is 12.0 Å². The molecule has 1 aromatic heterocycles. The minimum Gasteiger partial charge on any atom is -0.476 e. The van der Waals surface area contributed by atoms with E-state index in [1.165, 1.54) is 6.33 Å². The first-order chi connectivity index (χ1) is 9.56. The van der Waals surface area contributed by atoms with Crippen molar-refractivity contribution in [3.8, 4) is 5.88 Å². The van der Waals surface area contributed by atoms with E-state index in [4.69, 9.17) is 15.2 Å². The quantitative estimate of drug-likeness (QED) is 0.809. The Bertz CT molecular complexity index is 449. The molecule has 0 amide bonds. The molecule has 1 aliphatic heterocycles. The van der Waals surface area contributed by atoms with Crippen molar-refractivity contribution in [2.75, 3.05) is 44.0 Å². The molecule has 0 radical (unpaired) electrons. The van der Waals surface area contributed by atoms with Gasteiger partial charge in [-0.2, -0.15) is 4.98 Å². The van der Waals surface area contributed by atoms with E-state index in [1.807, 2.05) is 18.9 Å². The molecule has 1 saturated heterocycles. The zero-order valence-corrected chi connectivity index (χ0v) is 12.0. The van der Waals surface area contributed by atoms with Crippen LogP contribution in [-0.2, 0) is 4.74 Å². The summed E-state index contributed by atoms with van der Waals surface area (Å²) >= 11 is 0. The molecule has 1 aliphatic rings. The molecule has 0 unspecified atom stereocenters. The molecule has 0 aliphatic carbocycles. The van der Waals surface area contributed by atoms with Gasteiger partial charge in [-0.15, -0.1) is 0 Å². The van der Waals surface area contributed by atoms with Crippen molar-refractivity contribution < 1.29 is 14.6 Å². The monoisotopic (exact) mass is 282 g/mol. The summed E-state index contributed by atoms with van der Waals surface area (Å²) in [7, 11) is 1.85. The van der Waals surface area contributed by atoms with Crippen LogP contribution in [0.2, 0.25) is 0 Å². The summed E-state index contributed by atoms with van der Waals surface area (Å²) in [5, 5.41) is 10.5. The second kappa shape index (κ2) is 6.23. The molecule has 20 heavy (non-hydrogen) atoms. The molecule has 0 saturated carbocycles. The number of aromatic nitrogens is 2. The highest BCUT2D eigenvalue weighted by Crippen LogP contribution is 2.29. The van der Waals surface area contributed by atoms with E-state index in [1.54, 1.807) is 0 Å². The Kier molecular flexibility index (Phi) is 4.61. The fourth-order valence-electron chi connectivity index (χ4n) is 2.35. The third-order valence-corrected chi connectivity index (χ3v) is 3.42. The second-order valence-electron chi connectivity index (χ2n) is 5.04. The first-order valence-electron chi connectivity index (χ1n) is 6.80. The molecule has 0 aromatic carbocycles. The van der Waals surface area contributed by atoms with Gasteiger partial charge in [-0.25, -0.2) is 4.98 Å². The second-order valence-corrected chi connectivity index (χ2v) is 5.04. The third-order valence-electron chi connectivity index (χ3n) is 3.42. The number of hydrogen-bond donors (Lipinski definition) is 2. The Morgan fingerprint density at radius 2 is 2.15 bits per heavy atom. The number of anilines is 2. The van der Waals surface area contributed by atoms with Crippen molar-refractivity contribution in [1.29, 1.82) is 0 Å². The highest BCUT2D eigenvalue weighted by Gasteiger charge is 2.32. The number of ether oxygens (including phenoxy) is 2. The Morgan fingerprint density at radius 3 is 2.80 bits per heavy atom. The fraction of sp³-hybridized carbons (Fsp3) is 0.692. The van der Waals surface area contributed by atoms with E-state index in [9.17, 15) is 5.11 Å². The molecule has 2 heterocycles. The van der Waals surface area contributed by atoms with Crippen LogP contribution in [0.5, 0.6) is 5.88 Å². The Hall–Kier alpha value is -1.60. The average molecular weight is 282 g/mol. The van der Waals surface area contributed by atoms with E-state index >= 15 is 0 Å². The first kappa shape index (κ1) is 14.8. The summed E-state index contributed by atoms with van der Waals surface area (Å²) in [5.74, 6) is 0.951. The molecule has 1 fully saturated rings. The van der Waals surface area contributed by atoms with Gasteiger partial charge >= 0.3 is 0 Å². The lowest BCUT2D eigenvalue weighted by molar-refractivity contribution is -0.0573. The van der Waals surface area contributed by atoms with Crippen molar-refractivity contribution >= 4 is 11.5 Å². The molecule has 3 N–H and O–H groups in total. The van der Waals surface area contributed by atoms with Crippen molar-refractivity contribution in [3.63, 3.8) is 0 Å². The van der Waals surface area contributed by atoms with Gasteiger partial charge in [-0.05, 0) is 6.92 Å². The van der Waals surface area contributed by atoms with E-state index in [0.29, 0.717) is 56.6 Å². The number of likely N-dealkylation sites (N-methyl/N-ethyl adjacent to an activating group) is 1. The highest BCUT2D eigenvalue weighted by atomic mass is 16.5. The lowest BCUT2D eigenvalue weighted by Gasteiger charge is -2.36. The molecule has 1 aromatic rings. The molecule has 112 valence electrons. The topological polar surface area (TPSA) is 93.7 Å². The Balaban J connectivity index is 2.12. The first-order valence-corrected chi connectivity index (χ1v) is 6.80. The number of nitrogens with zero attached hydrogens (tertiary/aromatic N) is 3. The summed E-state index contributed by atoms with van der Waals surface area (Å²) < 4.78 is 10.6. The predicted octanol–water partition coefficient (Wildman–Crippen LogP) is 0.435. The number of nitrogens with two attached hydrogens (primary N) is 1. The summed E-state index contributed by atoms with van der Waals surface area (Å²) in [4.78, 5) is 10.0. The SMILES string of the molecule is CCOc1ncnc(N(C)CC2(O)CCOCC2)c1N. The summed E-state index contributed by atoms with van der Waals surface area (Å²) in [6, 6.07) is 0. The van der Waals surface area contributed by atoms with Crippen LogP contribution < -0.4 is 15.4 Å². The van der Waals surface area contributed by atoms with Crippen LogP contribution in [0.4, 0.5) is 11.5 Å². The van der Waals surface area contributed by atoms with Gasteiger partial charge in [0.15, 0.2) is 5.82 Å². The van der Waals surface area contributed by atoms with Crippen LogP contribution in [-0.4, -0.2) is 54.1 Å². The zero-order chi connectivity index (χ0) is 14.6. The zero-order valence-electron chi connectivity index (χ0n) is 12.0. The van der Waals surface area contributed by atoms with Crippen molar-refractivity contribution in [2.45, 2.75) is 25.4 Å². The molecular formula is C13H22N4O3. The van der Waals surface area contributed by atoms with Gasteiger partial charge in [-0.3, -0.25) is 0 Å². The van der Waals surface area contributed by atoms with Crippen LogP contribution in [0.15, 0.2) is 6.33 Å². The minimum atomic E-state index is -0.768. The van der Waals surface area contributed by atoms with Crippen LogP contribution in [0, 0.1) is 0 Å². The normalized spacial score (nSPS) is 17.8. The molecular weight excluding hydrogens is 260 g/mol. The van der Waals surface area contributed by atoms with E-state index in [-0.39, 0.29) is 0 Å². The van der Waals surface area contributed by atoms with Crippen molar-refractivity contribution in [2.24, 2.45) is 0 Å². The molecule has 0 bridgehead atoms. The Labute approximate surface area is 118 Å². The predicted molar refractivity (Wildman–Crippen MR) is 75.9 cm³/mol. The van der Waals surface area contributed by atoms with Gasteiger partial charge in [0, 0.05) is 39.6 Å². The average Bonchev–Trinajstić information content (AvgIpc) is 2.41. The lowest BCUT2D eigenvalue weighted by atomic mass is 9.94. The van der Waals surface area contributed by atoms with E-state index < -0.39 is 5.60 Å². The molecule has 2 rings (SSSR count). The molecule has 7 heteroatoms. The lowest BCUT2D eigenvalue weighted by Crippen LogP contribution is -2.46. The largest absolute Gasteiger partial charge is 0.476 e. The molecule has 0 atom stereocenters. The maximum absolute atomic E-state index is 10.5. The van der Waals surface area contributed by atoms with Gasteiger partial charge < -0.3 is 25.2 Å². The number of rotatable bonds is 5. The van der Waals surface area contributed by atoms with E-state index in [0.717, 1.165) is 0 Å². The Morgan fingerprint density at radius 1 is 1.45 bits per heavy atom. The minimum absolute atomic E-state index is 0.378. The smallest absolute Gasteiger partial charge is 0.242 e. The molecule has 0 spiro atoms. The van der Waals surface area contributed by atoms with Gasteiger partial charge in [-0.1, -0.05) is 0 Å². The third kappa shape index (κ3) is 3.29. The maximum atomic E-state index is 10.5. The fourth-order valence-corrected chi connectivity index (χ4v) is 2.35. The summed E-state index contributed by atoms with van der Waals surface area (Å²) in [6.07, 6.45) is 2.64. The van der Waals surface area contributed by atoms with Gasteiger partial charge in [0.25, 0.3) is 0 Å². The number of aliphatic hydroxyl groups is 1. The van der Waals surface area contributed by atoms with Crippen molar-refractivity contribution in [1.82, 2.24) is 9.97 Å². The highest BCUT2D eigenvalue weighted by molar-refractivity contribution is 5.67. The summed E-state index contributed by atoms with van der Waals surface area (Å²) in [5.41, 5.74) is 5.65. The van der Waals surface area contributed by atoms with Crippen LogP contribution in [0.1, 0.15) is 19.8 Å². The van der Waals surface area contributed by atoms with Crippen LogP contribution >= 0.6 is 0 Å². The molecule has 7 nitrogen and oxygen atoms in total.